The molecule has 0 atom stereocenters. The maximum atomic E-state index is 2.24. The fraction of sp³-hybridized carbons (Fsp3) is 0.0800. The summed E-state index contributed by atoms with van der Waals surface area (Å²) in [7, 11) is 0. The first-order valence-electron chi connectivity index (χ1n) is 8.80. The molecule has 142 valence electrons. The Bertz CT molecular complexity index is 1050. The number of benzene rings is 3. The Morgan fingerprint density at radius 3 is 1.57 bits per heavy atom. The van der Waals surface area contributed by atoms with Gasteiger partial charge < -0.3 is 24.8 Å². The van der Waals surface area contributed by atoms with E-state index in [2.05, 4.69) is 131 Å². The van der Waals surface area contributed by atoms with Crippen LogP contribution in [-0.4, -0.2) is 3.81 Å². The average molecular weight is 441 g/mol. The molecule has 3 heteroatoms. The van der Waals surface area contributed by atoms with Crippen molar-refractivity contribution in [3.05, 3.63) is 97.1 Å². The van der Waals surface area contributed by atoms with Crippen molar-refractivity contribution in [3.63, 3.8) is 0 Å². The summed E-state index contributed by atoms with van der Waals surface area (Å²) in [5.74, 6) is 0. The molecule has 0 fully saturated rings. The number of halogens is 2. The molecule has 0 nitrogen and oxygen atoms in total. The van der Waals surface area contributed by atoms with E-state index in [1.54, 1.807) is 0 Å². The summed E-state index contributed by atoms with van der Waals surface area (Å²) >= 11 is 2.08. The van der Waals surface area contributed by atoms with E-state index >= 15 is 0 Å². The van der Waals surface area contributed by atoms with E-state index in [9.17, 15) is 0 Å². The molecule has 0 amide bonds. The van der Waals surface area contributed by atoms with Crippen molar-refractivity contribution in [2.45, 2.75) is 13.8 Å². The van der Waals surface area contributed by atoms with E-state index < -0.39 is 0 Å². The van der Waals surface area contributed by atoms with Gasteiger partial charge in [0.2, 0.25) is 0 Å². The van der Waals surface area contributed by atoms with Gasteiger partial charge in [-0.15, -0.1) is 69.4 Å². The Labute approximate surface area is 191 Å². The predicted octanol–water partition coefficient (Wildman–Crippen LogP) is 1.02. The Morgan fingerprint density at radius 1 is 0.643 bits per heavy atom. The van der Waals surface area contributed by atoms with Crippen molar-refractivity contribution in [2.75, 3.05) is 0 Å². The topological polar surface area (TPSA) is 0 Å². The quantitative estimate of drug-likeness (QED) is 0.249. The summed E-state index contributed by atoms with van der Waals surface area (Å²) in [5, 5.41) is 8.05. The van der Waals surface area contributed by atoms with Crippen molar-refractivity contribution < 1.29 is 44.8 Å². The zero-order valence-electron chi connectivity index (χ0n) is 16.0. The maximum absolute atomic E-state index is 2.24. The van der Waals surface area contributed by atoms with Gasteiger partial charge in [0.1, 0.15) is 0 Å². The van der Waals surface area contributed by atoms with E-state index in [-0.39, 0.29) is 24.8 Å². The third kappa shape index (κ3) is 6.43. The van der Waals surface area contributed by atoms with Crippen LogP contribution in [0.2, 0.25) is 0 Å². The summed E-state index contributed by atoms with van der Waals surface area (Å²) < 4.78 is 1.42. The van der Waals surface area contributed by atoms with Crippen LogP contribution in [0.1, 0.15) is 13.8 Å². The van der Waals surface area contributed by atoms with Crippen LogP contribution in [0.15, 0.2) is 97.1 Å². The average Bonchev–Trinajstić information content (AvgIpc) is 3.26. The van der Waals surface area contributed by atoms with E-state index in [1.807, 2.05) is 0 Å². The maximum Gasteiger partial charge on any atom is -0.0771 e. The number of fused-ring (bicyclic) bond motifs is 4. The van der Waals surface area contributed by atoms with Crippen LogP contribution >= 0.6 is 0 Å². The molecule has 0 N–H and O–H groups in total. The molecule has 0 radical (unpaired) electrons. The Morgan fingerprint density at radius 2 is 1.07 bits per heavy atom. The molecule has 5 aromatic rings. The molecule has 0 saturated carbocycles. The summed E-state index contributed by atoms with van der Waals surface area (Å²) in [6.45, 7) is 4.17. The molecule has 0 aromatic heterocycles. The second-order valence-electron chi connectivity index (χ2n) is 6.47. The van der Waals surface area contributed by atoms with Gasteiger partial charge in [0.25, 0.3) is 0 Å². The summed E-state index contributed by atoms with van der Waals surface area (Å²) in [6, 6.07) is 33.9. The van der Waals surface area contributed by atoms with Crippen LogP contribution in [0.3, 0.4) is 0 Å². The van der Waals surface area contributed by atoms with Crippen LogP contribution < -0.4 is 24.8 Å². The van der Waals surface area contributed by atoms with Crippen LogP contribution in [0.25, 0.3) is 32.3 Å². The van der Waals surface area contributed by atoms with Gasteiger partial charge in [0, 0.05) is 0 Å². The zero-order chi connectivity index (χ0) is 18.4. The van der Waals surface area contributed by atoms with Crippen LogP contribution in [0.5, 0.6) is 0 Å². The molecule has 5 rings (SSSR count). The summed E-state index contributed by atoms with van der Waals surface area (Å²) in [4.78, 5) is 0. The van der Waals surface area contributed by atoms with Crippen LogP contribution in [-0.2, 0) is 20.0 Å². The van der Waals surface area contributed by atoms with E-state index in [0.717, 1.165) is 0 Å². The SMILES string of the molecule is C[C](C)=[Ti+2].[Cl-].[Cl-].c1ccc2[cH-]ccc2c1.c1ccc2c(c1)[cH-]c1ccccc12. The number of hydrogen-bond donors (Lipinski definition) is 0. The minimum Gasteiger partial charge on any atom is -1.00 e. The molecular weight excluding hydrogens is 419 g/mol. The Hall–Kier alpha value is -1.70. The fourth-order valence-electron chi connectivity index (χ4n) is 2.97. The van der Waals surface area contributed by atoms with Gasteiger partial charge in [-0.3, -0.25) is 0 Å². The molecule has 0 saturated heterocycles. The molecule has 0 aliphatic rings. The standard InChI is InChI=1S/C13H9.C9H7.C3H6.2ClH.Ti/c1-3-7-12-10(5-1)9-11-6-2-4-8-13(11)12;1-2-5-9-7-3-6-8(9)4-1;1-3-2;;;/h1-9H;1-7H;1-2H3;2*1H;/q2*-1;;;;+2/p-2. The second-order valence-corrected chi connectivity index (χ2v) is 8.04. The first kappa shape index (κ1) is 24.3. The van der Waals surface area contributed by atoms with Gasteiger partial charge in [-0.25, -0.2) is 0 Å². The van der Waals surface area contributed by atoms with Gasteiger partial charge in [0.15, 0.2) is 0 Å². The first-order valence-corrected chi connectivity index (χ1v) is 9.58. The molecule has 0 aliphatic heterocycles. The largest absolute Gasteiger partial charge is 1.00 e. The molecular formula is C25H22Cl2Ti-2. The first-order chi connectivity index (χ1) is 12.6. The second kappa shape index (κ2) is 12.0. The van der Waals surface area contributed by atoms with Crippen molar-refractivity contribution in [3.8, 4) is 0 Å². The van der Waals surface area contributed by atoms with Crippen molar-refractivity contribution >= 4 is 36.1 Å². The van der Waals surface area contributed by atoms with Gasteiger partial charge >= 0.3 is 37.6 Å². The third-order valence-electron chi connectivity index (χ3n) is 4.07. The third-order valence-corrected chi connectivity index (χ3v) is 4.07. The Balaban J connectivity index is 0.000000231. The number of hydrogen-bond acceptors (Lipinski definition) is 0. The van der Waals surface area contributed by atoms with Crippen molar-refractivity contribution in [2.24, 2.45) is 0 Å². The van der Waals surface area contributed by atoms with Gasteiger partial charge in [-0.2, -0.15) is 17.5 Å². The summed E-state index contributed by atoms with van der Waals surface area (Å²) in [6.07, 6.45) is 0. The molecule has 0 aliphatic carbocycles. The smallest absolute Gasteiger partial charge is 0.0771 e. The normalized spacial score (nSPS) is 9.43. The van der Waals surface area contributed by atoms with E-state index in [1.165, 1.54) is 36.1 Å². The molecule has 5 aromatic carbocycles. The monoisotopic (exact) mass is 440 g/mol. The van der Waals surface area contributed by atoms with Crippen LogP contribution in [0.4, 0.5) is 0 Å². The van der Waals surface area contributed by atoms with E-state index in [4.69, 9.17) is 0 Å². The predicted molar refractivity (Wildman–Crippen MR) is 113 cm³/mol. The van der Waals surface area contributed by atoms with E-state index in [0.29, 0.717) is 0 Å². The van der Waals surface area contributed by atoms with Gasteiger partial charge in [-0.05, 0) is 0 Å². The molecule has 0 heterocycles. The minimum absolute atomic E-state index is 0. The molecule has 0 unspecified atom stereocenters. The van der Waals surface area contributed by atoms with Crippen LogP contribution in [0, 0.1) is 0 Å². The van der Waals surface area contributed by atoms with Crippen molar-refractivity contribution in [1.29, 1.82) is 0 Å². The number of rotatable bonds is 0. The fourth-order valence-corrected chi connectivity index (χ4v) is 2.97. The molecule has 0 bridgehead atoms. The summed E-state index contributed by atoms with van der Waals surface area (Å²) in [5.41, 5.74) is 0. The zero-order valence-corrected chi connectivity index (χ0v) is 19.1. The van der Waals surface area contributed by atoms with Gasteiger partial charge in [-0.1, -0.05) is 42.5 Å². The molecule has 0 spiro atoms. The van der Waals surface area contributed by atoms with Gasteiger partial charge in [0.05, 0.1) is 0 Å². The molecule has 28 heavy (non-hydrogen) atoms. The Kier molecular flexibility index (Phi) is 10.4. The minimum atomic E-state index is 0. The van der Waals surface area contributed by atoms with Crippen molar-refractivity contribution in [1.82, 2.24) is 0 Å².